The fourth-order valence-electron chi connectivity index (χ4n) is 1.24. The molecule has 0 aromatic heterocycles. The first-order valence-electron chi connectivity index (χ1n) is 5.68. The van der Waals surface area contributed by atoms with Crippen LogP contribution in [0.25, 0.3) is 0 Å². The van der Waals surface area contributed by atoms with E-state index in [0.717, 1.165) is 12.8 Å². The van der Waals surface area contributed by atoms with E-state index >= 15 is 0 Å². The van der Waals surface area contributed by atoms with Gasteiger partial charge in [-0.15, -0.1) is 12.3 Å². The molecule has 5 nitrogen and oxygen atoms in total. The number of carbonyl (C=O) groups is 2. The van der Waals surface area contributed by atoms with Crippen molar-refractivity contribution in [1.82, 2.24) is 10.6 Å². The molecule has 0 aliphatic carbocycles. The Bertz CT molecular complexity index is 295. The van der Waals surface area contributed by atoms with Gasteiger partial charge in [-0.1, -0.05) is 13.8 Å². The Morgan fingerprint density at radius 1 is 1.41 bits per heavy atom. The number of hydrogen-bond acceptors (Lipinski definition) is 2. The average Bonchev–Trinajstić information content (AvgIpc) is 2.23. The van der Waals surface area contributed by atoms with E-state index < -0.39 is 18.0 Å². The van der Waals surface area contributed by atoms with Gasteiger partial charge in [0.2, 0.25) is 0 Å². The van der Waals surface area contributed by atoms with Gasteiger partial charge in [0.15, 0.2) is 0 Å². The van der Waals surface area contributed by atoms with Crippen molar-refractivity contribution in [3.05, 3.63) is 0 Å². The van der Waals surface area contributed by atoms with Crippen molar-refractivity contribution in [3.8, 4) is 12.3 Å². The monoisotopic (exact) mass is 240 g/mol. The lowest BCUT2D eigenvalue weighted by Crippen LogP contribution is -2.46. The molecule has 96 valence electrons. The quantitative estimate of drug-likeness (QED) is 0.462. The van der Waals surface area contributed by atoms with Crippen LogP contribution in [0.3, 0.4) is 0 Å². The predicted octanol–water partition coefficient (Wildman–Crippen LogP) is 1.20. The van der Waals surface area contributed by atoms with Crippen molar-refractivity contribution < 1.29 is 14.7 Å². The second-order valence-electron chi connectivity index (χ2n) is 4.24. The van der Waals surface area contributed by atoms with Crippen LogP contribution in [-0.2, 0) is 4.79 Å². The molecule has 0 heterocycles. The molecule has 0 aromatic rings. The highest BCUT2D eigenvalue weighted by molar-refractivity contribution is 5.82. The van der Waals surface area contributed by atoms with E-state index in [2.05, 4.69) is 30.4 Å². The molecule has 0 fully saturated rings. The zero-order chi connectivity index (χ0) is 13.3. The molecule has 0 spiro atoms. The number of carboxylic acid groups (broad SMARTS) is 1. The van der Waals surface area contributed by atoms with Crippen LogP contribution in [0.15, 0.2) is 0 Å². The maximum Gasteiger partial charge on any atom is 0.327 e. The Morgan fingerprint density at radius 3 is 2.53 bits per heavy atom. The highest BCUT2D eigenvalue weighted by Crippen LogP contribution is 2.01. The van der Waals surface area contributed by atoms with Crippen LogP contribution in [0.4, 0.5) is 4.79 Å². The van der Waals surface area contributed by atoms with Crippen molar-refractivity contribution in [1.29, 1.82) is 0 Å². The van der Waals surface area contributed by atoms with Gasteiger partial charge in [0.1, 0.15) is 6.04 Å². The average molecular weight is 240 g/mol. The van der Waals surface area contributed by atoms with E-state index in [9.17, 15) is 9.59 Å². The summed E-state index contributed by atoms with van der Waals surface area (Å²) in [5, 5.41) is 13.7. The largest absolute Gasteiger partial charge is 0.480 e. The number of amides is 2. The molecule has 1 unspecified atom stereocenters. The third kappa shape index (κ3) is 8.14. The van der Waals surface area contributed by atoms with Crippen molar-refractivity contribution >= 4 is 12.0 Å². The first-order chi connectivity index (χ1) is 7.97. The van der Waals surface area contributed by atoms with E-state index in [4.69, 9.17) is 11.5 Å². The third-order valence-electron chi connectivity index (χ3n) is 2.17. The minimum absolute atomic E-state index is 0.0191. The SMILES string of the molecule is C#CCC(NC(=O)NCCCC(C)C)C(=O)O. The van der Waals surface area contributed by atoms with E-state index in [1.54, 1.807) is 0 Å². The van der Waals surface area contributed by atoms with Crippen molar-refractivity contribution in [2.45, 2.75) is 39.2 Å². The Labute approximate surface area is 102 Å². The minimum Gasteiger partial charge on any atom is -0.480 e. The van der Waals surface area contributed by atoms with Gasteiger partial charge in [-0.05, 0) is 18.8 Å². The number of rotatable bonds is 7. The Kier molecular flexibility index (Phi) is 7.61. The van der Waals surface area contributed by atoms with Gasteiger partial charge in [-0.3, -0.25) is 0 Å². The Balaban J connectivity index is 3.83. The summed E-state index contributed by atoms with van der Waals surface area (Å²) in [6.45, 7) is 4.74. The number of nitrogens with one attached hydrogen (secondary N) is 2. The third-order valence-corrected chi connectivity index (χ3v) is 2.17. The van der Waals surface area contributed by atoms with Crippen molar-refractivity contribution in [2.24, 2.45) is 5.92 Å². The fraction of sp³-hybridized carbons (Fsp3) is 0.667. The molecule has 0 aliphatic rings. The van der Waals surface area contributed by atoms with Gasteiger partial charge in [-0.25, -0.2) is 9.59 Å². The predicted molar refractivity (Wildman–Crippen MR) is 65.5 cm³/mol. The first-order valence-corrected chi connectivity index (χ1v) is 5.68. The van der Waals surface area contributed by atoms with E-state index in [-0.39, 0.29) is 6.42 Å². The van der Waals surface area contributed by atoms with Gasteiger partial charge in [0.25, 0.3) is 0 Å². The fourth-order valence-corrected chi connectivity index (χ4v) is 1.24. The second-order valence-corrected chi connectivity index (χ2v) is 4.24. The summed E-state index contributed by atoms with van der Waals surface area (Å²) in [5.74, 6) is 1.68. The summed E-state index contributed by atoms with van der Waals surface area (Å²) in [6, 6.07) is -1.51. The molecular formula is C12H20N2O3. The lowest BCUT2D eigenvalue weighted by molar-refractivity contribution is -0.139. The minimum atomic E-state index is -1.12. The normalized spacial score (nSPS) is 11.6. The van der Waals surface area contributed by atoms with Crippen molar-refractivity contribution in [3.63, 3.8) is 0 Å². The Morgan fingerprint density at radius 2 is 2.06 bits per heavy atom. The molecular weight excluding hydrogens is 220 g/mol. The molecule has 0 saturated carbocycles. The highest BCUT2D eigenvalue weighted by Gasteiger charge is 2.18. The maximum absolute atomic E-state index is 11.3. The molecule has 5 heteroatoms. The van der Waals surface area contributed by atoms with Crippen LogP contribution >= 0.6 is 0 Å². The van der Waals surface area contributed by atoms with Gasteiger partial charge in [0, 0.05) is 13.0 Å². The highest BCUT2D eigenvalue weighted by atomic mass is 16.4. The summed E-state index contributed by atoms with van der Waals surface area (Å²) in [5.41, 5.74) is 0. The van der Waals surface area contributed by atoms with Crippen LogP contribution in [0.1, 0.15) is 33.1 Å². The molecule has 0 aliphatic heterocycles. The summed E-state index contributed by atoms with van der Waals surface area (Å²) in [7, 11) is 0. The van der Waals surface area contributed by atoms with Crippen molar-refractivity contribution in [2.75, 3.05) is 6.54 Å². The van der Waals surface area contributed by atoms with Crippen LogP contribution in [0.2, 0.25) is 0 Å². The summed E-state index contributed by atoms with van der Waals surface area (Å²) >= 11 is 0. The van der Waals surface area contributed by atoms with Crippen LogP contribution < -0.4 is 10.6 Å². The molecule has 0 radical (unpaired) electrons. The summed E-state index contributed by atoms with van der Waals surface area (Å²) < 4.78 is 0. The van der Waals surface area contributed by atoms with Gasteiger partial charge in [0.05, 0.1) is 0 Å². The zero-order valence-electron chi connectivity index (χ0n) is 10.3. The molecule has 17 heavy (non-hydrogen) atoms. The lowest BCUT2D eigenvalue weighted by Gasteiger charge is -2.13. The topological polar surface area (TPSA) is 78.4 Å². The van der Waals surface area contributed by atoms with Crippen LogP contribution in [0, 0.1) is 18.3 Å². The maximum atomic E-state index is 11.3. The number of urea groups is 1. The zero-order valence-corrected chi connectivity index (χ0v) is 10.3. The van der Waals surface area contributed by atoms with E-state index in [0.29, 0.717) is 12.5 Å². The standard InChI is InChI=1S/C12H20N2O3/c1-4-6-10(11(15)16)14-12(17)13-8-5-7-9(2)3/h1,9-10H,5-8H2,2-3H3,(H,15,16)(H2,13,14,17). The molecule has 3 N–H and O–H groups in total. The number of aliphatic carboxylic acids is 1. The number of carbonyl (C=O) groups excluding carboxylic acids is 1. The number of carboxylic acids is 1. The summed E-state index contributed by atoms with van der Waals surface area (Å²) in [6.07, 6.45) is 6.89. The lowest BCUT2D eigenvalue weighted by atomic mass is 10.1. The second kappa shape index (κ2) is 8.45. The van der Waals surface area contributed by atoms with Gasteiger partial charge < -0.3 is 15.7 Å². The van der Waals surface area contributed by atoms with Crippen LogP contribution in [-0.4, -0.2) is 29.7 Å². The van der Waals surface area contributed by atoms with Gasteiger partial charge in [-0.2, -0.15) is 0 Å². The molecule has 1 atom stereocenters. The van der Waals surface area contributed by atoms with Gasteiger partial charge >= 0.3 is 12.0 Å². The molecule has 0 saturated heterocycles. The van der Waals surface area contributed by atoms with E-state index in [1.807, 2.05) is 0 Å². The summed E-state index contributed by atoms with van der Waals surface area (Å²) in [4.78, 5) is 22.0. The number of terminal acetylenes is 1. The van der Waals surface area contributed by atoms with Crippen LogP contribution in [0.5, 0.6) is 0 Å². The first kappa shape index (κ1) is 15.3. The van der Waals surface area contributed by atoms with E-state index in [1.165, 1.54) is 0 Å². The molecule has 0 bridgehead atoms. The Hall–Kier alpha value is -1.70. The molecule has 0 aromatic carbocycles. The molecule has 0 rings (SSSR count). The smallest absolute Gasteiger partial charge is 0.327 e. The molecule has 2 amide bonds. The number of hydrogen-bond donors (Lipinski definition) is 3.